The highest BCUT2D eigenvalue weighted by Gasteiger charge is 2.36. The molecule has 0 aliphatic rings. The van der Waals surface area contributed by atoms with Gasteiger partial charge in [0.1, 0.15) is 30.0 Å². The first-order valence-electron chi connectivity index (χ1n) is 14.3. The minimum absolute atomic E-state index is 0.0647. The van der Waals surface area contributed by atoms with E-state index in [1.165, 1.54) is 19.2 Å². The first-order valence-corrected chi connectivity index (χ1v) is 14.9. The van der Waals surface area contributed by atoms with Gasteiger partial charge in [-0.3, -0.25) is 14.4 Å². The Morgan fingerprint density at radius 1 is 0.929 bits per heavy atom. The molecular formula is C29H47ClN4O8. The number of aryl methyl sites for hydroxylation is 1. The molecule has 0 fully saturated rings. The Balaban J connectivity index is 2.81. The standard InChI is InChI=1S/C29H47ClN4O8/c1-18(2)24(26(38)32-22(29(41)42)15-12-19-10-13-20(36)14-11-19)34(3)28(40)23(17-35)33-27(39)25(37)21(31)9-7-5-4-6-8-16-30/h10-11,13-14,18,21-25,35-37H,4-9,12,15-17,31H2,1-3H3,(H,32,38)(H,33,39)(H,41,42)/t21-,22+,23+,24+,25+/m1/s1. The second-order valence-corrected chi connectivity index (χ2v) is 11.2. The zero-order valence-corrected chi connectivity index (χ0v) is 25.4. The van der Waals surface area contributed by atoms with Gasteiger partial charge in [-0.25, -0.2) is 4.79 Å². The summed E-state index contributed by atoms with van der Waals surface area (Å²) in [6, 6.07) is 1.56. The molecule has 0 radical (unpaired) electrons. The molecule has 0 aromatic heterocycles. The minimum atomic E-state index is -1.60. The number of nitrogens with one attached hydrogen (secondary N) is 2. The number of carbonyl (C=O) groups is 4. The molecule has 0 aliphatic carbocycles. The Kier molecular flexibility index (Phi) is 17.0. The molecule has 13 heteroatoms. The molecule has 0 saturated carbocycles. The van der Waals surface area contributed by atoms with Crippen molar-refractivity contribution in [2.24, 2.45) is 11.7 Å². The van der Waals surface area contributed by atoms with Crippen molar-refractivity contribution in [3.63, 3.8) is 0 Å². The van der Waals surface area contributed by atoms with Crippen LogP contribution in [0, 0.1) is 5.92 Å². The number of carbonyl (C=O) groups excluding carboxylic acids is 3. The second-order valence-electron chi connectivity index (χ2n) is 10.8. The van der Waals surface area contributed by atoms with Gasteiger partial charge in [0.15, 0.2) is 0 Å². The summed E-state index contributed by atoms with van der Waals surface area (Å²) in [5.74, 6) is -3.45. The van der Waals surface area contributed by atoms with E-state index in [1.54, 1.807) is 26.0 Å². The molecule has 0 aliphatic heterocycles. The number of likely N-dealkylation sites (N-methyl/N-ethyl adjacent to an activating group) is 1. The summed E-state index contributed by atoms with van der Waals surface area (Å²) in [7, 11) is 1.32. The van der Waals surface area contributed by atoms with Gasteiger partial charge in [-0.2, -0.15) is 0 Å². The van der Waals surface area contributed by atoms with E-state index in [9.17, 15) is 39.6 Å². The van der Waals surface area contributed by atoms with E-state index < -0.39 is 66.5 Å². The Hall–Kier alpha value is -2.93. The van der Waals surface area contributed by atoms with Crippen molar-refractivity contribution in [2.75, 3.05) is 19.5 Å². The van der Waals surface area contributed by atoms with Gasteiger partial charge in [0.2, 0.25) is 11.8 Å². The highest BCUT2D eigenvalue weighted by molar-refractivity contribution is 6.17. The van der Waals surface area contributed by atoms with Crippen molar-refractivity contribution in [2.45, 2.75) is 95.5 Å². The van der Waals surface area contributed by atoms with E-state index in [0.29, 0.717) is 25.1 Å². The number of rotatable bonds is 20. The largest absolute Gasteiger partial charge is 0.508 e. The predicted octanol–water partition coefficient (Wildman–Crippen LogP) is 1.12. The van der Waals surface area contributed by atoms with E-state index in [1.807, 2.05) is 0 Å². The van der Waals surface area contributed by atoms with Gasteiger partial charge in [0.05, 0.1) is 6.61 Å². The van der Waals surface area contributed by atoms with Crippen LogP contribution in [-0.2, 0) is 25.6 Å². The molecule has 0 spiro atoms. The number of hydrogen-bond acceptors (Lipinski definition) is 8. The van der Waals surface area contributed by atoms with E-state index in [-0.39, 0.29) is 12.2 Å². The average Bonchev–Trinajstić information content (AvgIpc) is 2.95. The zero-order valence-electron chi connectivity index (χ0n) is 24.7. The maximum atomic E-state index is 13.2. The van der Waals surface area contributed by atoms with Crippen LogP contribution in [0.5, 0.6) is 5.75 Å². The number of alkyl halides is 1. The lowest BCUT2D eigenvalue weighted by molar-refractivity contribution is -0.147. The van der Waals surface area contributed by atoms with Gasteiger partial charge in [-0.1, -0.05) is 51.7 Å². The lowest BCUT2D eigenvalue weighted by atomic mass is 9.99. The number of nitrogens with two attached hydrogens (primary N) is 1. The third-order valence-electron chi connectivity index (χ3n) is 7.08. The number of unbranched alkanes of at least 4 members (excludes halogenated alkanes) is 4. The van der Waals surface area contributed by atoms with Gasteiger partial charge in [0, 0.05) is 19.0 Å². The van der Waals surface area contributed by atoms with Crippen LogP contribution >= 0.6 is 11.6 Å². The smallest absolute Gasteiger partial charge is 0.326 e. The molecule has 1 rings (SSSR count). The number of phenols is 1. The van der Waals surface area contributed by atoms with Gasteiger partial charge < -0.3 is 41.7 Å². The molecule has 5 atom stereocenters. The number of halogens is 1. The molecule has 0 heterocycles. The number of carboxylic acids is 1. The maximum absolute atomic E-state index is 13.2. The number of aliphatic hydroxyl groups excluding tert-OH is 2. The first kappa shape index (κ1) is 37.1. The van der Waals surface area contributed by atoms with Crippen LogP contribution in [0.3, 0.4) is 0 Å². The Morgan fingerprint density at radius 3 is 2.05 bits per heavy atom. The Labute approximate surface area is 252 Å². The molecule has 42 heavy (non-hydrogen) atoms. The lowest BCUT2D eigenvalue weighted by Gasteiger charge is -2.33. The molecule has 0 unspecified atom stereocenters. The van der Waals surface area contributed by atoms with Gasteiger partial charge in [-0.15, -0.1) is 11.6 Å². The van der Waals surface area contributed by atoms with Crippen LogP contribution < -0.4 is 16.4 Å². The summed E-state index contributed by atoms with van der Waals surface area (Å²) in [4.78, 5) is 52.0. The van der Waals surface area contributed by atoms with Gasteiger partial charge >= 0.3 is 5.97 Å². The number of amides is 3. The van der Waals surface area contributed by atoms with E-state index in [4.69, 9.17) is 17.3 Å². The summed E-state index contributed by atoms with van der Waals surface area (Å²) >= 11 is 5.66. The van der Waals surface area contributed by atoms with Gasteiger partial charge in [0.25, 0.3) is 5.91 Å². The maximum Gasteiger partial charge on any atom is 0.326 e. The monoisotopic (exact) mass is 614 g/mol. The normalized spacial score (nSPS) is 14.9. The molecule has 238 valence electrons. The Bertz CT molecular complexity index is 994. The first-order chi connectivity index (χ1) is 19.8. The molecular weight excluding hydrogens is 568 g/mol. The second kappa shape index (κ2) is 19.3. The quantitative estimate of drug-likeness (QED) is 0.0829. The summed E-state index contributed by atoms with van der Waals surface area (Å²) in [6.45, 7) is 2.55. The van der Waals surface area contributed by atoms with Crippen molar-refractivity contribution in [3.05, 3.63) is 29.8 Å². The van der Waals surface area contributed by atoms with Crippen molar-refractivity contribution < 1.29 is 39.6 Å². The summed E-state index contributed by atoms with van der Waals surface area (Å²) < 4.78 is 0. The number of nitrogens with zero attached hydrogens (tertiary/aromatic N) is 1. The zero-order chi connectivity index (χ0) is 31.8. The molecule has 1 aromatic rings. The van der Waals surface area contributed by atoms with Gasteiger partial charge in [-0.05, 0) is 49.3 Å². The van der Waals surface area contributed by atoms with E-state index in [2.05, 4.69) is 10.6 Å². The third kappa shape index (κ3) is 12.5. The highest BCUT2D eigenvalue weighted by Crippen LogP contribution is 2.15. The highest BCUT2D eigenvalue weighted by atomic mass is 35.5. The van der Waals surface area contributed by atoms with E-state index >= 15 is 0 Å². The SMILES string of the molecule is CC(C)[C@@H](C(=O)N[C@@H](CCc1ccc(O)cc1)C(=O)O)N(C)C(=O)[C@H](CO)NC(=O)[C@@H](O)[C@H](N)CCCCCCCCl. The fourth-order valence-corrected chi connectivity index (χ4v) is 4.79. The number of phenolic OH excluding ortho intramolecular Hbond substituents is 1. The van der Waals surface area contributed by atoms with Crippen LogP contribution in [0.15, 0.2) is 24.3 Å². The van der Waals surface area contributed by atoms with Crippen LogP contribution in [0.25, 0.3) is 0 Å². The number of aromatic hydroxyl groups is 1. The summed E-state index contributed by atoms with van der Waals surface area (Å²) in [6.07, 6.45) is 3.62. The number of aliphatic hydroxyl groups is 2. The molecule has 0 bridgehead atoms. The minimum Gasteiger partial charge on any atom is -0.508 e. The number of benzene rings is 1. The van der Waals surface area contributed by atoms with Crippen molar-refractivity contribution in [1.82, 2.24) is 15.5 Å². The fraction of sp³-hybridized carbons (Fsp3) is 0.655. The van der Waals surface area contributed by atoms with Crippen LogP contribution in [0.2, 0.25) is 0 Å². The topological polar surface area (TPSA) is 203 Å². The molecule has 3 amide bonds. The molecule has 8 N–H and O–H groups in total. The average molecular weight is 615 g/mol. The van der Waals surface area contributed by atoms with Crippen molar-refractivity contribution >= 4 is 35.3 Å². The number of hydrogen-bond donors (Lipinski definition) is 7. The predicted molar refractivity (Wildman–Crippen MR) is 159 cm³/mol. The number of carboxylic acid groups (broad SMARTS) is 1. The van der Waals surface area contributed by atoms with Crippen LogP contribution in [0.1, 0.15) is 64.4 Å². The van der Waals surface area contributed by atoms with Crippen LogP contribution in [-0.4, -0.2) is 98.8 Å². The molecule has 12 nitrogen and oxygen atoms in total. The molecule has 0 saturated heterocycles. The van der Waals surface area contributed by atoms with Crippen molar-refractivity contribution in [1.29, 1.82) is 0 Å². The fourth-order valence-electron chi connectivity index (χ4n) is 4.60. The lowest BCUT2D eigenvalue weighted by Crippen LogP contribution is -2.60. The number of aliphatic carboxylic acids is 1. The van der Waals surface area contributed by atoms with Crippen LogP contribution in [0.4, 0.5) is 0 Å². The van der Waals surface area contributed by atoms with Crippen molar-refractivity contribution in [3.8, 4) is 5.75 Å². The van der Waals surface area contributed by atoms with E-state index in [0.717, 1.165) is 36.1 Å². The molecule has 1 aromatic carbocycles. The summed E-state index contributed by atoms with van der Waals surface area (Å²) in [5.41, 5.74) is 6.75. The Morgan fingerprint density at radius 2 is 1.50 bits per heavy atom. The summed E-state index contributed by atoms with van der Waals surface area (Å²) in [5, 5.41) is 44.1. The third-order valence-corrected chi connectivity index (χ3v) is 7.35.